The highest BCUT2D eigenvalue weighted by molar-refractivity contribution is 5.28. The Kier molecular flexibility index (Phi) is 3.03. The van der Waals surface area contributed by atoms with Gasteiger partial charge in [0.2, 0.25) is 0 Å². The third-order valence-corrected chi connectivity index (χ3v) is 5.42. The molecule has 2 atom stereocenters. The van der Waals surface area contributed by atoms with E-state index in [0.29, 0.717) is 6.04 Å². The zero-order valence-corrected chi connectivity index (χ0v) is 11.6. The molecule has 1 saturated carbocycles. The molecule has 1 aromatic heterocycles. The van der Waals surface area contributed by atoms with Crippen molar-refractivity contribution in [2.24, 2.45) is 0 Å². The molecule has 2 unspecified atom stereocenters. The smallest absolute Gasteiger partial charge is 0.115 e. The van der Waals surface area contributed by atoms with Crippen LogP contribution in [0.2, 0.25) is 0 Å². The van der Waals surface area contributed by atoms with Gasteiger partial charge in [0, 0.05) is 36.3 Å². The Hall–Kier alpha value is -0.960. The van der Waals surface area contributed by atoms with Crippen LogP contribution in [0, 0.1) is 0 Å². The molecule has 19 heavy (non-hydrogen) atoms. The van der Waals surface area contributed by atoms with Crippen LogP contribution in [0.5, 0.6) is 0 Å². The van der Waals surface area contributed by atoms with Crippen molar-refractivity contribution in [2.75, 3.05) is 0 Å². The fraction of sp³-hybridized carbons (Fsp3) is 0.750. The zero-order valence-electron chi connectivity index (χ0n) is 11.6. The van der Waals surface area contributed by atoms with Crippen LogP contribution >= 0.6 is 0 Å². The van der Waals surface area contributed by atoms with Crippen molar-refractivity contribution in [1.82, 2.24) is 14.9 Å². The molecule has 3 heterocycles. The molecule has 0 N–H and O–H groups in total. The molecule has 4 rings (SSSR count). The Morgan fingerprint density at radius 2 is 1.79 bits per heavy atom. The summed E-state index contributed by atoms with van der Waals surface area (Å²) in [5.74, 6) is 0. The molecule has 0 amide bonds. The molecule has 1 aliphatic carbocycles. The number of hydrogen-bond donors (Lipinski definition) is 0. The molecule has 1 saturated heterocycles. The van der Waals surface area contributed by atoms with E-state index in [0.717, 1.165) is 18.5 Å². The van der Waals surface area contributed by atoms with Crippen LogP contribution in [0.4, 0.5) is 0 Å². The summed E-state index contributed by atoms with van der Waals surface area (Å²) in [7, 11) is 0. The molecule has 1 aromatic rings. The summed E-state index contributed by atoms with van der Waals surface area (Å²) in [4.78, 5) is 11.7. The van der Waals surface area contributed by atoms with Crippen LogP contribution in [0.3, 0.4) is 0 Å². The van der Waals surface area contributed by atoms with Gasteiger partial charge in [0.1, 0.15) is 6.33 Å². The van der Waals surface area contributed by atoms with Gasteiger partial charge in [0.15, 0.2) is 0 Å². The molecule has 3 heteroatoms. The molecule has 2 fully saturated rings. The molecule has 0 radical (unpaired) electrons. The van der Waals surface area contributed by atoms with Crippen LogP contribution in [0.1, 0.15) is 68.7 Å². The van der Waals surface area contributed by atoms with E-state index in [2.05, 4.69) is 21.1 Å². The van der Waals surface area contributed by atoms with Crippen molar-refractivity contribution in [2.45, 2.75) is 75.9 Å². The fourth-order valence-electron chi connectivity index (χ4n) is 4.57. The lowest BCUT2D eigenvalue weighted by atomic mass is 9.94. The highest BCUT2D eigenvalue weighted by atomic mass is 15.2. The first-order valence-corrected chi connectivity index (χ1v) is 7.99. The summed E-state index contributed by atoms with van der Waals surface area (Å²) >= 11 is 0. The highest BCUT2D eigenvalue weighted by Gasteiger charge is 2.43. The van der Waals surface area contributed by atoms with Crippen molar-refractivity contribution >= 4 is 0 Å². The normalized spacial score (nSPS) is 32.0. The van der Waals surface area contributed by atoms with Crippen LogP contribution in [0.15, 0.2) is 12.5 Å². The van der Waals surface area contributed by atoms with Crippen LogP contribution < -0.4 is 0 Å². The van der Waals surface area contributed by atoms with Gasteiger partial charge < -0.3 is 0 Å². The van der Waals surface area contributed by atoms with Gasteiger partial charge >= 0.3 is 0 Å². The summed E-state index contributed by atoms with van der Waals surface area (Å²) in [6.07, 6.45) is 16.2. The van der Waals surface area contributed by atoms with Crippen molar-refractivity contribution < 1.29 is 0 Å². The van der Waals surface area contributed by atoms with Crippen LogP contribution in [-0.4, -0.2) is 27.0 Å². The molecule has 102 valence electrons. The molecular formula is C16H23N3. The van der Waals surface area contributed by atoms with Crippen LogP contribution in [-0.2, 0) is 6.42 Å². The molecule has 3 aliphatic rings. The van der Waals surface area contributed by atoms with Gasteiger partial charge in [-0.1, -0.05) is 25.7 Å². The van der Waals surface area contributed by atoms with E-state index in [-0.39, 0.29) is 0 Å². The molecular weight excluding hydrogens is 234 g/mol. The van der Waals surface area contributed by atoms with Crippen molar-refractivity contribution in [1.29, 1.82) is 0 Å². The Labute approximate surface area is 115 Å². The molecule has 0 spiro atoms. The minimum atomic E-state index is 0.623. The Morgan fingerprint density at radius 3 is 2.63 bits per heavy atom. The summed E-state index contributed by atoms with van der Waals surface area (Å²) in [6, 6.07) is 2.21. The summed E-state index contributed by atoms with van der Waals surface area (Å²) in [6.45, 7) is 0. The van der Waals surface area contributed by atoms with Gasteiger partial charge in [0.05, 0.1) is 5.69 Å². The second kappa shape index (κ2) is 4.86. The monoisotopic (exact) mass is 257 g/mol. The third kappa shape index (κ3) is 1.99. The number of rotatable bonds is 1. The standard InChI is InChI=1S/C16H23N3/c1-2-4-6-12(5-3-1)19-13-7-8-16(19)14-10-17-11-18-15(14)9-13/h10-13,16H,1-9H2. The Balaban J connectivity index is 1.64. The predicted octanol–water partition coefficient (Wildman–Crippen LogP) is 3.26. The van der Waals surface area contributed by atoms with Crippen molar-refractivity contribution in [3.05, 3.63) is 23.8 Å². The lowest BCUT2D eigenvalue weighted by Crippen LogP contribution is -2.44. The lowest BCUT2D eigenvalue weighted by molar-refractivity contribution is 0.102. The van der Waals surface area contributed by atoms with E-state index in [1.54, 1.807) is 6.33 Å². The summed E-state index contributed by atoms with van der Waals surface area (Å²) < 4.78 is 0. The van der Waals surface area contributed by atoms with E-state index < -0.39 is 0 Å². The first-order valence-electron chi connectivity index (χ1n) is 7.99. The minimum absolute atomic E-state index is 0.623. The van der Waals surface area contributed by atoms with Gasteiger partial charge in [-0.15, -0.1) is 0 Å². The van der Waals surface area contributed by atoms with Gasteiger partial charge in [-0.3, -0.25) is 4.90 Å². The SMILES string of the molecule is c1ncc2c(n1)CC1CCC2N1C1CCCCCC1. The number of nitrogens with zero attached hydrogens (tertiary/aromatic N) is 3. The van der Waals surface area contributed by atoms with E-state index in [1.807, 2.05) is 0 Å². The average Bonchev–Trinajstić information content (AvgIpc) is 2.66. The summed E-state index contributed by atoms with van der Waals surface area (Å²) in [5, 5.41) is 0. The lowest BCUT2D eigenvalue weighted by Gasteiger charge is -2.41. The second-order valence-electron chi connectivity index (χ2n) is 6.47. The van der Waals surface area contributed by atoms with E-state index >= 15 is 0 Å². The van der Waals surface area contributed by atoms with E-state index in [9.17, 15) is 0 Å². The van der Waals surface area contributed by atoms with Gasteiger partial charge in [-0.25, -0.2) is 9.97 Å². The number of fused-ring (bicyclic) bond motifs is 4. The third-order valence-electron chi connectivity index (χ3n) is 5.42. The Morgan fingerprint density at radius 1 is 0.947 bits per heavy atom. The fourth-order valence-corrected chi connectivity index (χ4v) is 4.57. The quantitative estimate of drug-likeness (QED) is 0.723. The van der Waals surface area contributed by atoms with E-state index in [1.165, 1.54) is 62.6 Å². The second-order valence-corrected chi connectivity index (χ2v) is 6.47. The maximum absolute atomic E-state index is 4.52. The zero-order chi connectivity index (χ0) is 12.7. The molecule has 3 nitrogen and oxygen atoms in total. The van der Waals surface area contributed by atoms with Gasteiger partial charge in [-0.2, -0.15) is 0 Å². The van der Waals surface area contributed by atoms with Crippen molar-refractivity contribution in [3.8, 4) is 0 Å². The predicted molar refractivity (Wildman–Crippen MR) is 74.8 cm³/mol. The number of aromatic nitrogens is 2. The largest absolute Gasteiger partial charge is 0.290 e. The molecule has 0 aromatic carbocycles. The minimum Gasteiger partial charge on any atom is -0.290 e. The molecule has 2 aliphatic heterocycles. The summed E-state index contributed by atoms with van der Waals surface area (Å²) in [5.41, 5.74) is 2.76. The average molecular weight is 257 g/mol. The maximum atomic E-state index is 4.52. The van der Waals surface area contributed by atoms with Gasteiger partial charge in [-0.05, 0) is 25.7 Å². The van der Waals surface area contributed by atoms with Crippen LogP contribution in [0.25, 0.3) is 0 Å². The van der Waals surface area contributed by atoms with E-state index in [4.69, 9.17) is 0 Å². The Bertz CT molecular complexity index is 451. The maximum Gasteiger partial charge on any atom is 0.115 e. The molecule has 2 bridgehead atoms. The number of hydrogen-bond acceptors (Lipinski definition) is 3. The first kappa shape index (κ1) is 11.8. The van der Waals surface area contributed by atoms with Crippen molar-refractivity contribution in [3.63, 3.8) is 0 Å². The topological polar surface area (TPSA) is 29.0 Å². The van der Waals surface area contributed by atoms with Gasteiger partial charge in [0.25, 0.3) is 0 Å². The highest BCUT2D eigenvalue weighted by Crippen LogP contribution is 2.45. The first-order chi connectivity index (χ1) is 9.43.